The van der Waals surface area contributed by atoms with Gasteiger partial charge in [-0.2, -0.15) is 0 Å². The van der Waals surface area contributed by atoms with Gasteiger partial charge in [-0.3, -0.25) is 25.0 Å². The van der Waals surface area contributed by atoms with Crippen LogP contribution in [0.4, 0.5) is 21.0 Å². The predicted octanol–water partition coefficient (Wildman–Crippen LogP) is 3.69. The number of amides is 5. The molecular formula is C34H46N6O7. The molecule has 47 heavy (non-hydrogen) atoms. The molecule has 2 aromatic carbocycles. The molecule has 0 aliphatic heterocycles. The fourth-order valence-corrected chi connectivity index (χ4v) is 5.15. The predicted molar refractivity (Wildman–Crippen MR) is 178 cm³/mol. The fourth-order valence-electron chi connectivity index (χ4n) is 5.15. The van der Waals surface area contributed by atoms with Gasteiger partial charge in [0.2, 0.25) is 17.7 Å². The molecule has 1 aliphatic rings. The molecule has 0 fully saturated rings. The Hall–Kier alpha value is -4.91. The van der Waals surface area contributed by atoms with E-state index in [1.54, 1.807) is 67.7 Å². The van der Waals surface area contributed by atoms with Crippen molar-refractivity contribution in [1.29, 1.82) is 0 Å². The second-order valence-electron chi connectivity index (χ2n) is 12.3. The van der Waals surface area contributed by atoms with E-state index in [9.17, 15) is 24.0 Å². The van der Waals surface area contributed by atoms with Crippen molar-refractivity contribution in [2.45, 2.75) is 77.3 Å². The zero-order valence-electron chi connectivity index (χ0n) is 27.4. The smallest absolute Gasteiger partial charge is 0.412 e. The van der Waals surface area contributed by atoms with Gasteiger partial charge in [0.05, 0.1) is 12.1 Å². The lowest BCUT2D eigenvalue weighted by atomic mass is 9.88. The highest BCUT2D eigenvalue weighted by Crippen LogP contribution is 2.27. The average molecular weight is 651 g/mol. The third-order valence-electron chi connectivity index (χ3n) is 7.39. The van der Waals surface area contributed by atoms with E-state index in [0.717, 1.165) is 0 Å². The summed E-state index contributed by atoms with van der Waals surface area (Å²) in [5.74, 6) is -1.52. The van der Waals surface area contributed by atoms with E-state index in [4.69, 9.17) is 15.2 Å². The minimum Gasteiger partial charge on any atom is -0.442 e. The van der Waals surface area contributed by atoms with E-state index in [2.05, 4.69) is 26.6 Å². The maximum absolute atomic E-state index is 13.6. The quantitative estimate of drug-likeness (QED) is 0.178. The molecule has 0 heterocycles. The Morgan fingerprint density at radius 3 is 1.79 bits per heavy atom. The summed E-state index contributed by atoms with van der Waals surface area (Å²) in [6.07, 6.45) is -2.15. The Morgan fingerprint density at radius 1 is 0.787 bits per heavy atom. The average Bonchev–Trinajstić information content (AvgIpc) is 3.01. The summed E-state index contributed by atoms with van der Waals surface area (Å²) < 4.78 is 11.6. The zero-order valence-corrected chi connectivity index (χ0v) is 27.4. The van der Waals surface area contributed by atoms with Crippen LogP contribution in [0.3, 0.4) is 0 Å². The first kappa shape index (κ1) is 36.6. The molecule has 1 aliphatic carbocycles. The summed E-state index contributed by atoms with van der Waals surface area (Å²) in [6.45, 7) is 7.73. The van der Waals surface area contributed by atoms with Crippen LogP contribution < -0.4 is 32.3 Å². The van der Waals surface area contributed by atoms with E-state index < -0.39 is 60.2 Å². The first-order valence-electron chi connectivity index (χ1n) is 15.7. The van der Waals surface area contributed by atoms with Crippen LogP contribution in [0.2, 0.25) is 0 Å². The number of ether oxygens (including phenoxy) is 2. The summed E-state index contributed by atoms with van der Waals surface area (Å²) in [5.41, 5.74) is 6.59. The van der Waals surface area contributed by atoms with Gasteiger partial charge in [-0.25, -0.2) is 9.59 Å². The van der Waals surface area contributed by atoms with Crippen molar-refractivity contribution >= 4 is 41.3 Å². The van der Waals surface area contributed by atoms with Crippen molar-refractivity contribution in [2.75, 3.05) is 17.7 Å². The molecule has 2 aromatic rings. The van der Waals surface area contributed by atoms with Gasteiger partial charge in [-0.15, -0.1) is 0 Å². The highest BCUT2D eigenvalue weighted by Gasteiger charge is 2.42. The van der Waals surface area contributed by atoms with Gasteiger partial charge in [0.25, 0.3) is 0 Å². The van der Waals surface area contributed by atoms with Crippen LogP contribution in [0.15, 0.2) is 72.3 Å². The molecule has 0 spiro atoms. The number of primary amides is 1. The van der Waals surface area contributed by atoms with Crippen LogP contribution in [0, 0.1) is 11.8 Å². The minimum absolute atomic E-state index is 0.0540. The van der Waals surface area contributed by atoms with Gasteiger partial charge in [-0.05, 0) is 62.1 Å². The molecule has 5 amide bonds. The van der Waals surface area contributed by atoms with Crippen molar-refractivity contribution in [3.05, 3.63) is 72.3 Å². The highest BCUT2D eigenvalue weighted by atomic mass is 16.6. The molecule has 0 radical (unpaired) electrons. The number of carbonyl (C=O) groups excluding carboxylic acids is 5. The number of nitrogens with one attached hydrogen (secondary N) is 5. The molecule has 0 saturated heterocycles. The summed E-state index contributed by atoms with van der Waals surface area (Å²) >= 11 is 0. The fraction of sp³-hybridized carbons (Fsp3) is 0.441. The molecule has 0 bridgehead atoms. The molecule has 13 heteroatoms. The number of rotatable bonds is 14. The van der Waals surface area contributed by atoms with Crippen molar-refractivity contribution in [1.82, 2.24) is 16.0 Å². The molecule has 0 saturated carbocycles. The standard InChI is InChI=1S/C34H46N6O7/c1-20(2)16-26(30(35)41)40-31(42)22-18-25(39-32(43)27(36-5)17-21(3)4)29(47-34(45)38-24-14-10-7-11-15-24)28(19-22)46-33(44)37-23-12-8-6-9-13-23/h6-15,18,20-21,25-29,36H,16-17,19H2,1-5H3,(H2,35,41)(H,37,44)(H,38,45)(H,39,43)(H,40,42)/t25-,26-,27+,28-,29-/m1/s1. The Kier molecular flexibility index (Phi) is 13.8. The lowest BCUT2D eigenvalue weighted by Crippen LogP contribution is -2.57. The van der Waals surface area contributed by atoms with Crippen LogP contribution in [-0.2, 0) is 23.9 Å². The summed E-state index contributed by atoms with van der Waals surface area (Å²) in [6, 6.07) is 14.5. The Balaban J connectivity index is 1.99. The number of carbonyl (C=O) groups is 5. The molecule has 0 unspecified atom stereocenters. The van der Waals surface area contributed by atoms with Gasteiger partial charge in [0.1, 0.15) is 12.1 Å². The Labute approximate surface area is 275 Å². The number of anilines is 2. The third kappa shape index (κ3) is 11.8. The molecular weight excluding hydrogens is 604 g/mol. The van der Waals surface area contributed by atoms with Crippen molar-refractivity contribution in [3.63, 3.8) is 0 Å². The zero-order chi connectivity index (χ0) is 34.5. The number of para-hydroxylation sites is 2. The van der Waals surface area contributed by atoms with Crippen LogP contribution in [0.5, 0.6) is 0 Å². The van der Waals surface area contributed by atoms with Gasteiger partial charge >= 0.3 is 12.2 Å². The number of likely N-dealkylation sites (N-methyl/N-ethyl adjacent to an activating group) is 1. The normalized spacial score (nSPS) is 18.7. The van der Waals surface area contributed by atoms with E-state index in [0.29, 0.717) is 24.2 Å². The van der Waals surface area contributed by atoms with Crippen LogP contribution >= 0.6 is 0 Å². The molecule has 254 valence electrons. The van der Waals surface area contributed by atoms with E-state index in [1.165, 1.54) is 6.08 Å². The Morgan fingerprint density at radius 2 is 1.30 bits per heavy atom. The number of hydrogen-bond acceptors (Lipinski definition) is 8. The lowest BCUT2D eigenvalue weighted by Gasteiger charge is -2.36. The monoisotopic (exact) mass is 650 g/mol. The molecule has 0 aromatic heterocycles. The first-order chi connectivity index (χ1) is 22.4. The number of benzene rings is 2. The largest absolute Gasteiger partial charge is 0.442 e. The van der Waals surface area contributed by atoms with Gasteiger partial charge < -0.3 is 31.2 Å². The topological polar surface area (TPSA) is 190 Å². The minimum atomic E-state index is -1.25. The summed E-state index contributed by atoms with van der Waals surface area (Å²) in [5, 5.41) is 13.8. The van der Waals surface area contributed by atoms with E-state index in [-0.39, 0.29) is 23.8 Å². The van der Waals surface area contributed by atoms with Crippen LogP contribution in [0.1, 0.15) is 47.0 Å². The molecule has 5 atom stereocenters. The van der Waals surface area contributed by atoms with E-state index >= 15 is 0 Å². The maximum Gasteiger partial charge on any atom is 0.412 e. The summed E-state index contributed by atoms with van der Waals surface area (Å²) in [7, 11) is 1.65. The Bertz CT molecular complexity index is 1400. The molecule has 13 nitrogen and oxygen atoms in total. The SMILES string of the molecule is CN[C@@H](CC(C)C)C(=O)N[C@@H]1C=C(C(=O)N[C@H](CC(C)C)C(N)=O)C[C@@H](OC(=O)Nc2ccccc2)[C@@H]1OC(=O)Nc1ccccc1. The molecule has 7 N–H and O–H groups in total. The van der Waals surface area contributed by atoms with Gasteiger partial charge in [-0.1, -0.05) is 64.1 Å². The van der Waals surface area contributed by atoms with E-state index in [1.807, 2.05) is 27.7 Å². The second kappa shape index (κ2) is 17.7. The second-order valence-corrected chi connectivity index (χ2v) is 12.3. The van der Waals surface area contributed by atoms with Crippen LogP contribution in [-0.4, -0.2) is 67.3 Å². The van der Waals surface area contributed by atoms with Gasteiger partial charge in [0.15, 0.2) is 6.10 Å². The maximum atomic E-state index is 13.6. The lowest BCUT2D eigenvalue weighted by molar-refractivity contribution is -0.127. The van der Waals surface area contributed by atoms with Crippen LogP contribution in [0.25, 0.3) is 0 Å². The van der Waals surface area contributed by atoms with Crippen molar-refractivity contribution in [3.8, 4) is 0 Å². The van der Waals surface area contributed by atoms with Crippen molar-refractivity contribution in [2.24, 2.45) is 17.6 Å². The summed E-state index contributed by atoms with van der Waals surface area (Å²) in [4.78, 5) is 65.5. The molecule has 3 rings (SSSR count). The third-order valence-corrected chi connectivity index (χ3v) is 7.39. The van der Waals surface area contributed by atoms with Crippen molar-refractivity contribution < 1.29 is 33.4 Å². The first-order valence-corrected chi connectivity index (χ1v) is 15.7. The van der Waals surface area contributed by atoms with Gasteiger partial charge in [0, 0.05) is 23.4 Å². The number of hydrogen-bond donors (Lipinski definition) is 6. The number of nitrogens with two attached hydrogens (primary N) is 1. The highest BCUT2D eigenvalue weighted by molar-refractivity contribution is 5.97.